The Hall–Kier alpha value is -1.04. The topological polar surface area (TPSA) is 0 Å². The molecule has 2 atom stereocenters. The number of benzene rings is 1. The van der Waals surface area contributed by atoms with Crippen LogP contribution in [0.15, 0.2) is 36.4 Å². The second kappa shape index (κ2) is 8.76. The van der Waals surface area contributed by atoms with E-state index in [1.165, 1.54) is 24.0 Å². The van der Waals surface area contributed by atoms with Gasteiger partial charge in [0.05, 0.1) is 0 Å². The molecular formula is C28H48. The molecule has 0 radical (unpaired) electrons. The molecule has 0 N–H and O–H groups in total. The summed E-state index contributed by atoms with van der Waals surface area (Å²) < 4.78 is 0. The molecule has 0 nitrogen and oxygen atoms in total. The largest absolute Gasteiger partial charge is 0.0882 e. The Morgan fingerprint density at radius 1 is 0.536 bits per heavy atom. The monoisotopic (exact) mass is 384 g/mol. The van der Waals surface area contributed by atoms with Crippen LogP contribution in [0, 0.1) is 22.7 Å². The van der Waals surface area contributed by atoms with Crippen LogP contribution in [0.4, 0.5) is 0 Å². The Morgan fingerprint density at radius 3 is 1.04 bits per heavy atom. The molecule has 1 aromatic carbocycles. The number of hydrogen-bond acceptors (Lipinski definition) is 0. The average Bonchev–Trinajstić information content (AvgIpc) is 2.52. The summed E-state index contributed by atoms with van der Waals surface area (Å²) in [5.74, 6) is 1.68. The summed E-state index contributed by atoms with van der Waals surface area (Å²) in [6.07, 6.45) is 7.28. The van der Waals surface area contributed by atoms with Crippen molar-refractivity contribution < 1.29 is 0 Å². The highest BCUT2D eigenvalue weighted by Gasteiger charge is 2.38. The van der Waals surface area contributed by atoms with E-state index in [0.717, 1.165) is 11.8 Å². The zero-order valence-corrected chi connectivity index (χ0v) is 21.0. The minimum atomic E-state index is 0.240. The first-order valence-corrected chi connectivity index (χ1v) is 11.2. The zero-order valence-electron chi connectivity index (χ0n) is 21.0. The SMILES string of the molecule is CC(C)(C)[C@@H]1CC=CC[C@@H]1C(C)(C)C.CC(C)(C)c1ccccc1C(C)(C)C. The molecule has 0 heteroatoms. The second-order valence-electron chi connectivity index (χ2n) is 12.9. The highest BCUT2D eigenvalue weighted by Crippen LogP contribution is 2.47. The van der Waals surface area contributed by atoms with Gasteiger partial charge < -0.3 is 0 Å². The molecule has 160 valence electrons. The fourth-order valence-electron chi connectivity index (χ4n) is 4.52. The first kappa shape index (κ1) is 25.0. The third-order valence-electron chi connectivity index (χ3n) is 6.20. The van der Waals surface area contributed by atoms with Gasteiger partial charge in [-0.1, -0.05) is 120 Å². The van der Waals surface area contributed by atoms with Gasteiger partial charge in [-0.3, -0.25) is 0 Å². The van der Waals surface area contributed by atoms with E-state index in [9.17, 15) is 0 Å². The maximum atomic E-state index is 2.38. The van der Waals surface area contributed by atoms with Gasteiger partial charge in [-0.05, 0) is 57.5 Å². The van der Waals surface area contributed by atoms with Gasteiger partial charge in [0.2, 0.25) is 0 Å². The Balaban J connectivity index is 0.000000280. The zero-order chi connectivity index (χ0) is 22.0. The van der Waals surface area contributed by atoms with Crippen molar-refractivity contribution in [3.05, 3.63) is 47.5 Å². The minimum absolute atomic E-state index is 0.240. The molecule has 1 aliphatic carbocycles. The molecule has 0 aliphatic heterocycles. The standard InChI is InChI=1S/C14H26.C14H22/c2*1-13(2,3)11-9-7-8-10-12(11)14(4,5)6/h7-8,11-12H,9-10H2,1-6H3;7-10H,1-6H3/t11-,12+;. The number of allylic oxidation sites excluding steroid dienone is 2. The van der Waals surface area contributed by atoms with E-state index >= 15 is 0 Å². The number of rotatable bonds is 0. The van der Waals surface area contributed by atoms with Crippen molar-refractivity contribution >= 4 is 0 Å². The Labute approximate surface area is 177 Å². The highest BCUT2D eigenvalue weighted by atomic mass is 14.4. The lowest BCUT2D eigenvalue weighted by Crippen LogP contribution is -2.36. The molecule has 0 fully saturated rings. The lowest BCUT2D eigenvalue weighted by Gasteiger charge is -2.45. The predicted molar refractivity (Wildman–Crippen MR) is 128 cm³/mol. The highest BCUT2D eigenvalue weighted by molar-refractivity contribution is 5.37. The van der Waals surface area contributed by atoms with E-state index < -0.39 is 0 Å². The Bertz CT molecular complexity index is 575. The quantitative estimate of drug-likeness (QED) is 0.391. The van der Waals surface area contributed by atoms with Gasteiger partial charge in [0.25, 0.3) is 0 Å². The van der Waals surface area contributed by atoms with E-state index in [-0.39, 0.29) is 10.8 Å². The summed E-state index contributed by atoms with van der Waals surface area (Å²) in [7, 11) is 0. The van der Waals surface area contributed by atoms with Gasteiger partial charge in [-0.2, -0.15) is 0 Å². The summed E-state index contributed by atoms with van der Waals surface area (Å²) in [5.41, 5.74) is 4.30. The van der Waals surface area contributed by atoms with Crippen LogP contribution in [0.1, 0.15) is 107 Å². The molecule has 1 aromatic rings. The van der Waals surface area contributed by atoms with Crippen molar-refractivity contribution in [2.24, 2.45) is 22.7 Å². The predicted octanol–water partition coefficient (Wildman–Crippen LogP) is 8.94. The fraction of sp³-hybridized carbons (Fsp3) is 0.714. The first-order chi connectivity index (χ1) is 12.5. The van der Waals surface area contributed by atoms with Crippen LogP contribution in [0.25, 0.3) is 0 Å². The van der Waals surface area contributed by atoms with Gasteiger partial charge in [0.1, 0.15) is 0 Å². The van der Waals surface area contributed by atoms with Gasteiger partial charge in [-0.15, -0.1) is 0 Å². The fourth-order valence-corrected chi connectivity index (χ4v) is 4.52. The normalized spacial score (nSPS) is 21.1. The van der Waals surface area contributed by atoms with Gasteiger partial charge >= 0.3 is 0 Å². The molecule has 0 spiro atoms. The molecule has 0 saturated carbocycles. The third kappa shape index (κ3) is 7.09. The number of hydrogen-bond donors (Lipinski definition) is 0. The molecule has 28 heavy (non-hydrogen) atoms. The summed E-state index contributed by atoms with van der Waals surface area (Å²) in [5, 5.41) is 0. The van der Waals surface area contributed by atoms with Crippen LogP contribution in [0.5, 0.6) is 0 Å². The molecular weight excluding hydrogens is 336 g/mol. The molecule has 0 amide bonds. The van der Waals surface area contributed by atoms with E-state index in [2.05, 4.69) is 120 Å². The van der Waals surface area contributed by atoms with E-state index in [0.29, 0.717) is 10.8 Å². The van der Waals surface area contributed by atoms with Crippen LogP contribution in [-0.4, -0.2) is 0 Å². The van der Waals surface area contributed by atoms with Gasteiger partial charge in [0.15, 0.2) is 0 Å². The second-order valence-corrected chi connectivity index (χ2v) is 12.9. The maximum absolute atomic E-state index is 2.38. The van der Waals surface area contributed by atoms with Crippen molar-refractivity contribution in [2.45, 2.75) is 107 Å². The van der Waals surface area contributed by atoms with Crippen molar-refractivity contribution in [1.82, 2.24) is 0 Å². The first-order valence-electron chi connectivity index (χ1n) is 11.2. The van der Waals surface area contributed by atoms with Crippen LogP contribution in [-0.2, 0) is 10.8 Å². The lowest BCUT2D eigenvalue weighted by atomic mass is 9.60. The molecule has 0 aromatic heterocycles. The minimum Gasteiger partial charge on any atom is -0.0882 e. The molecule has 0 heterocycles. The average molecular weight is 385 g/mol. The van der Waals surface area contributed by atoms with Crippen molar-refractivity contribution in [1.29, 1.82) is 0 Å². The van der Waals surface area contributed by atoms with Gasteiger partial charge in [0, 0.05) is 0 Å². The van der Waals surface area contributed by atoms with E-state index in [1.807, 2.05) is 0 Å². The summed E-state index contributed by atoms with van der Waals surface area (Å²) in [6, 6.07) is 8.77. The molecule has 0 bridgehead atoms. The van der Waals surface area contributed by atoms with Gasteiger partial charge in [-0.25, -0.2) is 0 Å². The van der Waals surface area contributed by atoms with Crippen molar-refractivity contribution in [3.8, 4) is 0 Å². The summed E-state index contributed by atoms with van der Waals surface area (Å²) in [6.45, 7) is 28.0. The maximum Gasteiger partial charge on any atom is -0.0129 e. The summed E-state index contributed by atoms with van der Waals surface area (Å²) in [4.78, 5) is 0. The van der Waals surface area contributed by atoms with E-state index in [4.69, 9.17) is 0 Å². The van der Waals surface area contributed by atoms with Crippen LogP contribution in [0.2, 0.25) is 0 Å². The lowest BCUT2D eigenvalue weighted by molar-refractivity contribution is 0.0691. The molecule has 2 rings (SSSR count). The van der Waals surface area contributed by atoms with Crippen LogP contribution in [0.3, 0.4) is 0 Å². The van der Waals surface area contributed by atoms with Crippen LogP contribution >= 0.6 is 0 Å². The van der Waals surface area contributed by atoms with Crippen molar-refractivity contribution in [3.63, 3.8) is 0 Å². The molecule has 0 saturated heterocycles. The Morgan fingerprint density at radius 2 is 0.821 bits per heavy atom. The molecule has 0 unspecified atom stereocenters. The Kier molecular flexibility index (Phi) is 7.82. The molecule has 1 aliphatic rings. The van der Waals surface area contributed by atoms with Crippen molar-refractivity contribution in [2.75, 3.05) is 0 Å². The smallest absolute Gasteiger partial charge is 0.0129 e. The van der Waals surface area contributed by atoms with Crippen LogP contribution < -0.4 is 0 Å². The third-order valence-corrected chi connectivity index (χ3v) is 6.20. The van der Waals surface area contributed by atoms with E-state index in [1.54, 1.807) is 0 Å². The summed E-state index contributed by atoms with van der Waals surface area (Å²) >= 11 is 0.